The standard InChI is InChI=1S/C13H25N3O2.HI/c1-12(2,3)16-11(14)15-8-10-9-17-13(18-10)6-4-5-7-13;/h10H,4-9H2,1-3H3,(H3,14,15,16);1H. The van der Waals surface area contributed by atoms with E-state index in [0.29, 0.717) is 19.1 Å². The monoisotopic (exact) mass is 383 g/mol. The molecule has 112 valence electrons. The van der Waals surface area contributed by atoms with E-state index in [4.69, 9.17) is 15.2 Å². The molecule has 1 spiro atoms. The summed E-state index contributed by atoms with van der Waals surface area (Å²) >= 11 is 0. The number of ether oxygens (including phenoxy) is 2. The van der Waals surface area contributed by atoms with Gasteiger partial charge in [-0.2, -0.15) is 0 Å². The van der Waals surface area contributed by atoms with Gasteiger partial charge in [-0.3, -0.25) is 4.99 Å². The molecule has 3 N–H and O–H groups in total. The fourth-order valence-corrected chi connectivity index (χ4v) is 2.51. The largest absolute Gasteiger partial charge is 0.370 e. The summed E-state index contributed by atoms with van der Waals surface area (Å²) in [5.74, 6) is 0.172. The third kappa shape index (κ3) is 5.07. The minimum Gasteiger partial charge on any atom is -0.370 e. The van der Waals surface area contributed by atoms with Gasteiger partial charge >= 0.3 is 0 Å². The van der Waals surface area contributed by atoms with Gasteiger partial charge < -0.3 is 20.5 Å². The van der Waals surface area contributed by atoms with Gasteiger partial charge in [0.1, 0.15) is 6.10 Å². The molecular formula is C13H26IN3O2. The molecule has 1 heterocycles. The van der Waals surface area contributed by atoms with E-state index in [-0.39, 0.29) is 41.4 Å². The predicted octanol–water partition coefficient (Wildman–Crippen LogP) is 1.99. The first-order chi connectivity index (χ1) is 8.39. The van der Waals surface area contributed by atoms with Gasteiger partial charge in [-0.05, 0) is 33.6 Å². The molecule has 1 aliphatic heterocycles. The van der Waals surface area contributed by atoms with Gasteiger partial charge in [-0.25, -0.2) is 0 Å². The zero-order chi connectivity index (χ0) is 13.2. The first-order valence-corrected chi connectivity index (χ1v) is 6.78. The van der Waals surface area contributed by atoms with E-state index in [0.717, 1.165) is 12.8 Å². The number of hydrogen-bond acceptors (Lipinski definition) is 3. The molecule has 19 heavy (non-hydrogen) atoms. The van der Waals surface area contributed by atoms with Crippen LogP contribution < -0.4 is 11.1 Å². The minimum atomic E-state index is -0.299. The quantitative estimate of drug-likeness (QED) is 0.435. The summed E-state index contributed by atoms with van der Waals surface area (Å²) in [7, 11) is 0. The van der Waals surface area contributed by atoms with Crippen LogP contribution in [-0.4, -0.2) is 36.5 Å². The Morgan fingerprint density at radius 3 is 2.58 bits per heavy atom. The maximum atomic E-state index is 5.98. The summed E-state index contributed by atoms with van der Waals surface area (Å²) in [6.07, 6.45) is 4.47. The number of nitrogens with one attached hydrogen (secondary N) is 1. The zero-order valence-corrected chi connectivity index (χ0v) is 14.4. The molecule has 0 aromatic rings. The van der Waals surface area contributed by atoms with Gasteiger partial charge in [0.15, 0.2) is 11.7 Å². The molecule has 1 saturated carbocycles. The van der Waals surface area contributed by atoms with Crippen LogP contribution in [-0.2, 0) is 9.47 Å². The Kier molecular flexibility index (Phi) is 5.88. The summed E-state index contributed by atoms with van der Waals surface area (Å²) in [6, 6.07) is 0. The van der Waals surface area contributed by atoms with Crippen molar-refractivity contribution in [3.05, 3.63) is 0 Å². The third-order valence-corrected chi connectivity index (χ3v) is 3.25. The molecule has 1 unspecified atom stereocenters. The number of hydrogen-bond donors (Lipinski definition) is 2. The number of aliphatic imine (C=N–C) groups is 1. The van der Waals surface area contributed by atoms with Crippen molar-refractivity contribution in [2.45, 2.75) is 63.9 Å². The maximum absolute atomic E-state index is 5.98. The molecule has 1 aliphatic carbocycles. The van der Waals surface area contributed by atoms with Gasteiger partial charge in [0, 0.05) is 18.4 Å². The van der Waals surface area contributed by atoms with E-state index < -0.39 is 0 Å². The average Bonchev–Trinajstić information content (AvgIpc) is 2.85. The van der Waals surface area contributed by atoms with Crippen molar-refractivity contribution >= 4 is 29.9 Å². The minimum absolute atomic E-state index is 0. The molecule has 1 saturated heterocycles. The van der Waals surface area contributed by atoms with Crippen molar-refractivity contribution in [2.24, 2.45) is 10.7 Å². The first-order valence-electron chi connectivity index (χ1n) is 6.78. The van der Waals surface area contributed by atoms with Gasteiger partial charge in [0.25, 0.3) is 0 Å². The highest BCUT2D eigenvalue weighted by atomic mass is 127. The zero-order valence-electron chi connectivity index (χ0n) is 12.1. The summed E-state index contributed by atoms with van der Waals surface area (Å²) in [4.78, 5) is 4.32. The molecule has 1 atom stereocenters. The van der Waals surface area contributed by atoms with Gasteiger partial charge in [-0.15, -0.1) is 24.0 Å². The summed E-state index contributed by atoms with van der Waals surface area (Å²) < 4.78 is 11.8. The van der Waals surface area contributed by atoms with Gasteiger partial charge in [0.2, 0.25) is 0 Å². The molecule has 0 bridgehead atoms. The van der Waals surface area contributed by atoms with E-state index >= 15 is 0 Å². The lowest BCUT2D eigenvalue weighted by molar-refractivity contribution is -0.160. The molecule has 0 amide bonds. The Balaban J connectivity index is 0.00000180. The number of nitrogens with two attached hydrogens (primary N) is 1. The van der Waals surface area contributed by atoms with E-state index in [2.05, 4.69) is 31.1 Å². The van der Waals surface area contributed by atoms with Gasteiger partial charge in [0.05, 0.1) is 13.2 Å². The Hall–Kier alpha value is -0.0800. The van der Waals surface area contributed by atoms with E-state index in [9.17, 15) is 0 Å². The fraction of sp³-hybridized carbons (Fsp3) is 0.923. The van der Waals surface area contributed by atoms with Crippen LogP contribution in [0.5, 0.6) is 0 Å². The number of halogens is 1. The van der Waals surface area contributed by atoms with Crippen LogP contribution in [0, 0.1) is 0 Å². The average molecular weight is 383 g/mol. The Bertz CT molecular complexity index is 322. The van der Waals surface area contributed by atoms with Crippen LogP contribution >= 0.6 is 24.0 Å². The van der Waals surface area contributed by atoms with Crippen LogP contribution in [0.25, 0.3) is 0 Å². The predicted molar refractivity (Wildman–Crippen MR) is 86.8 cm³/mol. The highest BCUT2D eigenvalue weighted by Crippen LogP contribution is 2.39. The number of nitrogens with zero attached hydrogens (tertiary/aromatic N) is 1. The SMILES string of the molecule is CC(C)(C)NC(N)=NCC1COC2(CCCC2)O1.I. The summed E-state index contributed by atoms with van der Waals surface area (Å²) in [5.41, 5.74) is 5.76. The van der Waals surface area contributed by atoms with Crippen LogP contribution in [0.3, 0.4) is 0 Å². The Morgan fingerprint density at radius 2 is 2.00 bits per heavy atom. The topological polar surface area (TPSA) is 68.9 Å². The molecule has 0 radical (unpaired) electrons. The molecule has 2 aliphatic rings. The lowest BCUT2D eigenvalue weighted by atomic mass is 10.1. The molecule has 2 rings (SSSR count). The van der Waals surface area contributed by atoms with Crippen LogP contribution in [0.2, 0.25) is 0 Å². The normalized spacial score (nSPS) is 26.5. The van der Waals surface area contributed by atoms with E-state index in [1.807, 2.05) is 0 Å². The highest BCUT2D eigenvalue weighted by molar-refractivity contribution is 14.0. The Labute approximate surface area is 132 Å². The Morgan fingerprint density at radius 1 is 1.37 bits per heavy atom. The lowest BCUT2D eigenvalue weighted by Crippen LogP contribution is -2.45. The van der Waals surface area contributed by atoms with Crippen molar-refractivity contribution in [1.82, 2.24) is 5.32 Å². The second-order valence-corrected chi connectivity index (χ2v) is 6.27. The smallest absolute Gasteiger partial charge is 0.189 e. The van der Waals surface area contributed by atoms with Crippen molar-refractivity contribution < 1.29 is 9.47 Å². The third-order valence-electron chi connectivity index (χ3n) is 3.25. The first kappa shape index (κ1) is 17.0. The van der Waals surface area contributed by atoms with Crippen molar-refractivity contribution in [3.8, 4) is 0 Å². The molecule has 2 fully saturated rings. The second-order valence-electron chi connectivity index (χ2n) is 6.27. The summed E-state index contributed by atoms with van der Waals surface area (Å²) in [5, 5.41) is 3.14. The molecule has 0 aromatic heterocycles. The van der Waals surface area contributed by atoms with Crippen LogP contribution in [0.1, 0.15) is 46.5 Å². The van der Waals surface area contributed by atoms with Crippen LogP contribution in [0.15, 0.2) is 4.99 Å². The molecular weight excluding hydrogens is 357 g/mol. The van der Waals surface area contributed by atoms with Crippen LogP contribution in [0.4, 0.5) is 0 Å². The lowest BCUT2D eigenvalue weighted by Gasteiger charge is -2.22. The molecule has 6 heteroatoms. The van der Waals surface area contributed by atoms with E-state index in [1.54, 1.807) is 0 Å². The van der Waals surface area contributed by atoms with Gasteiger partial charge in [-0.1, -0.05) is 0 Å². The highest BCUT2D eigenvalue weighted by Gasteiger charge is 2.43. The van der Waals surface area contributed by atoms with E-state index in [1.165, 1.54) is 12.8 Å². The molecule has 5 nitrogen and oxygen atoms in total. The summed E-state index contributed by atoms with van der Waals surface area (Å²) in [6.45, 7) is 7.36. The maximum Gasteiger partial charge on any atom is 0.189 e. The van der Waals surface area contributed by atoms with Crippen molar-refractivity contribution in [3.63, 3.8) is 0 Å². The second kappa shape index (κ2) is 6.58. The number of guanidine groups is 1. The molecule has 0 aromatic carbocycles. The fourth-order valence-electron chi connectivity index (χ4n) is 2.51. The number of rotatable bonds is 2. The van der Waals surface area contributed by atoms with Crippen molar-refractivity contribution in [2.75, 3.05) is 13.2 Å². The van der Waals surface area contributed by atoms with Crippen molar-refractivity contribution in [1.29, 1.82) is 0 Å².